The summed E-state index contributed by atoms with van der Waals surface area (Å²) in [6.45, 7) is 2.07. The fraction of sp³-hybridized carbons (Fsp3) is 0.500. The number of alkyl halides is 3. The molecule has 22 heavy (non-hydrogen) atoms. The van der Waals surface area contributed by atoms with Crippen LogP contribution in [0.15, 0.2) is 29.3 Å². The molecule has 1 aliphatic rings. The maximum absolute atomic E-state index is 12.4. The second-order valence-corrected chi connectivity index (χ2v) is 4.75. The minimum Gasteiger partial charge on any atom is -0.405 e. The fourth-order valence-electron chi connectivity index (χ4n) is 2.31. The summed E-state index contributed by atoms with van der Waals surface area (Å²) in [5.41, 5.74) is 0.440. The highest BCUT2D eigenvalue weighted by Gasteiger charge is 2.32. The number of hydrogen-bond acceptors (Lipinski definition) is 2. The van der Waals surface area contributed by atoms with Gasteiger partial charge in [-0.3, -0.25) is 4.99 Å². The van der Waals surface area contributed by atoms with Gasteiger partial charge in [-0.25, -0.2) is 0 Å². The molecule has 1 aliphatic heterocycles. The van der Waals surface area contributed by atoms with Crippen LogP contribution in [-0.2, 0) is 6.54 Å². The van der Waals surface area contributed by atoms with Gasteiger partial charge in [0, 0.05) is 32.2 Å². The zero-order valence-corrected chi connectivity index (χ0v) is 14.5. The van der Waals surface area contributed by atoms with Crippen LogP contribution in [-0.4, -0.2) is 37.4 Å². The number of likely N-dealkylation sites (tertiary alicyclic amines) is 1. The van der Waals surface area contributed by atoms with Gasteiger partial charge in [-0.2, -0.15) is 0 Å². The Morgan fingerprint density at radius 2 is 1.91 bits per heavy atom. The predicted octanol–water partition coefficient (Wildman–Crippen LogP) is 3.37. The van der Waals surface area contributed by atoms with Gasteiger partial charge in [0.05, 0.1) is 0 Å². The smallest absolute Gasteiger partial charge is 0.405 e. The summed E-state index contributed by atoms with van der Waals surface area (Å²) < 4.78 is 41.1. The number of rotatable bonds is 3. The topological polar surface area (TPSA) is 36.9 Å². The molecule has 0 aromatic heterocycles. The molecule has 1 fully saturated rings. The van der Waals surface area contributed by atoms with Crippen molar-refractivity contribution < 1.29 is 17.9 Å². The molecule has 0 radical (unpaired) electrons. The predicted molar refractivity (Wildman–Crippen MR) is 89.5 cm³/mol. The van der Waals surface area contributed by atoms with E-state index in [-0.39, 0.29) is 36.3 Å². The normalized spacial score (nSPS) is 15.5. The summed E-state index contributed by atoms with van der Waals surface area (Å²) in [7, 11) is 1.67. The van der Waals surface area contributed by atoms with Crippen LogP contribution < -0.4 is 10.1 Å². The van der Waals surface area contributed by atoms with Gasteiger partial charge in [0.15, 0.2) is 5.96 Å². The first-order chi connectivity index (χ1) is 9.99. The molecule has 0 unspecified atom stereocenters. The third-order valence-electron chi connectivity index (χ3n) is 3.25. The number of guanidine groups is 1. The van der Waals surface area contributed by atoms with E-state index < -0.39 is 6.36 Å². The Kier molecular flexibility index (Phi) is 7.24. The first-order valence-corrected chi connectivity index (χ1v) is 6.79. The van der Waals surface area contributed by atoms with Gasteiger partial charge in [0.2, 0.25) is 0 Å². The van der Waals surface area contributed by atoms with Crippen molar-refractivity contribution in [3.63, 3.8) is 0 Å². The fourth-order valence-corrected chi connectivity index (χ4v) is 2.31. The van der Waals surface area contributed by atoms with Gasteiger partial charge in [-0.1, -0.05) is 18.2 Å². The lowest BCUT2D eigenvalue weighted by molar-refractivity contribution is -0.274. The number of nitrogens with zero attached hydrogens (tertiary/aromatic N) is 2. The van der Waals surface area contributed by atoms with E-state index in [1.54, 1.807) is 19.2 Å². The number of aliphatic imine (C=N–C) groups is 1. The average Bonchev–Trinajstić information content (AvgIpc) is 2.93. The molecular formula is C14H19F3IN3O. The van der Waals surface area contributed by atoms with E-state index >= 15 is 0 Å². The summed E-state index contributed by atoms with van der Waals surface area (Å²) in [5, 5.41) is 3.08. The molecule has 1 aromatic carbocycles. The number of ether oxygens (including phenoxy) is 1. The van der Waals surface area contributed by atoms with Crippen molar-refractivity contribution in [1.29, 1.82) is 0 Å². The molecule has 124 valence electrons. The van der Waals surface area contributed by atoms with E-state index in [4.69, 9.17) is 0 Å². The van der Waals surface area contributed by atoms with E-state index in [0.717, 1.165) is 25.9 Å². The van der Waals surface area contributed by atoms with Gasteiger partial charge in [0.25, 0.3) is 0 Å². The quantitative estimate of drug-likeness (QED) is 0.455. The van der Waals surface area contributed by atoms with Crippen LogP contribution in [0.4, 0.5) is 13.2 Å². The molecule has 0 aliphatic carbocycles. The summed E-state index contributed by atoms with van der Waals surface area (Å²) >= 11 is 0. The Balaban J connectivity index is 0.00000242. The molecule has 1 saturated heterocycles. The highest BCUT2D eigenvalue weighted by molar-refractivity contribution is 14.0. The summed E-state index contributed by atoms with van der Waals surface area (Å²) in [4.78, 5) is 6.25. The summed E-state index contributed by atoms with van der Waals surface area (Å²) in [6.07, 6.45) is -2.48. The zero-order chi connectivity index (χ0) is 15.3. The lowest BCUT2D eigenvalue weighted by Crippen LogP contribution is -2.39. The molecule has 1 aromatic rings. The first kappa shape index (κ1) is 18.9. The minimum absolute atomic E-state index is 0. The maximum Gasteiger partial charge on any atom is 0.573 e. The molecule has 2 rings (SSSR count). The Hall–Kier alpha value is -1.19. The minimum atomic E-state index is -4.69. The molecule has 0 atom stereocenters. The Morgan fingerprint density at radius 1 is 1.27 bits per heavy atom. The molecule has 0 saturated carbocycles. The van der Waals surface area contributed by atoms with Crippen molar-refractivity contribution >= 4 is 29.9 Å². The third-order valence-corrected chi connectivity index (χ3v) is 3.25. The van der Waals surface area contributed by atoms with Crippen LogP contribution in [0.2, 0.25) is 0 Å². The van der Waals surface area contributed by atoms with E-state index in [1.165, 1.54) is 12.1 Å². The van der Waals surface area contributed by atoms with E-state index in [0.29, 0.717) is 11.5 Å². The Morgan fingerprint density at radius 3 is 2.50 bits per heavy atom. The molecule has 0 bridgehead atoms. The molecule has 0 spiro atoms. The molecule has 4 nitrogen and oxygen atoms in total. The first-order valence-electron chi connectivity index (χ1n) is 6.79. The molecule has 8 heteroatoms. The lowest BCUT2D eigenvalue weighted by Gasteiger charge is -2.21. The van der Waals surface area contributed by atoms with Gasteiger partial charge in [-0.15, -0.1) is 37.1 Å². The van der Waals surface area contributed by atoms with Crippen LogP contribution in [0.1, 0.15) is 18.4 Å². The van der Waals surface area contributed by atoms with Crippen LogP contribution >= 0.6 is 24.0 Å². The Bertz CT molecular complexity index is 502. The number of benzene rings is 1. The van der Waals surface area contributed by atoms with Crippen LogP contribution in [0.25, 0.3) is 0 Å². The molecule has 1 heterocycles. The highest BCUT2D eigenvalue weighted by atomic mass is 127. The van der Waals surface area contributed by atoms with Crippen LogP contribution in [0, 0.1) is 0 Å². The van der Waals surface area contributed by atoms with Crippen molar-refractivity contribution in [3.05, 3.63) is 29.8 Å². The Labute approximate surface area is 144 Å². The van der Waals surface area contributed by atoms with Crippen molar-refractivity contribution in [1.82, 2.24) is 10.2 Å². The summed E-state index contributed by atoms with van der Waals surface area (Å²) in [5.74, 6) is 0.517. The van der Waals surface area contributed by atoms with Crippen molar-refractivity contribution in [2.24, 2.45) is 4.99 Å². The van der Waals surface area contributed by atoms with Gasteiger partial charge in [0.1, 0.15) is 5.75 Å². The molecular weight excluding hydrogens is 410 g/mol. The van der Waals surface area contributed by atoms with E-state index in [1.807, 2.05) is 0 Å². The maximum atomic E-state index is 12.4. The van der Waals surface area contributed by atoms with E-state index in [9.17, 15) is 13.2 Å². The highest BCUT2D eigenvalue weighted by Crippen LogP contribution is 2.26. The van der Waals surface area contributed by atoms with Crippen LogP contribution in [0.3, 0.4) is 0 Å². The van der Waals surface area contributed by atoms with Gasteiger partial charge in [-0.05, 0) is 18.9 Å². The molecule has 1 N–H and O–H groups in total. The van der Waals surface area contributed by atoms with E-state index in [2.05, 4.69) is 19.9 Å². The number of halogens is 4. The SMILES string of the molecule is CN=C(NCc1ccccc1OC(F)(F)F)N1CCCC1.I. The molecule has 0 amide bonds. The van der Waals surface area contributed by atoms with Gasteiger partial charge >= 0.3 is 6.36 Å². The monoisotopic (exact) mass is 429 g/mol. The zero-order valence-electron chi connectivity index (χ0n) is 12.2. The van der Waals surface area contributed by atoms with Gasteiger partial charge < -0.3 is 15.0 Å². The van der Waals surface area contributed by atoms with Crippen molar-refractivity contribution in [2.75, 3.05) is 20.1 Å². The van der Waals surface area contributed by atoms with Crippen molar-refractivity contribution in [3.8, 4) is 5.75 Å². The lowest BCUT2D eigenvalue weighted by atomic mass is 10.2. The largest absolute Gasteiger partial charge is 0.573 e. The van der Waals surface area contributed by atoms with Crippen LogP contribution in [0.5, 0.6) is 5.75 Å². The standard InChI is InChI=1S/C14H18F3N3O.HI/c1-18-13(20-8-4-5-9-20)19-10-11-6-2-3-7-12(11)21-14(15,16)17;/h2-3,6-7H,4-5,8-10H2,1H3,(H,18,19);1H. The third kappa shape index (κ3) is 5.54. The van der Waals surface area contributed by atoms with Crippen molar-refractivity contribution in [2.45, 2.75) is 25.7 Å². The number of para-hydroxylation sites is 1. The number of hydrogen-bond donors (Lipinski definition) is 1. The number of nitrogens with one attached hydrogen (secondary N) is 1. The average molecular weight is 429 g/mol. The summed E-state index contributed by atoms with van der Waals surface area (Å²) in [6, 6.07) is 6.10. The second-order valence-electron chi connectivity index (χ2n) is 4.75. The second kappa shape index (κ2) is 8.44.